The molecule has 228 valence electrons. The van der Waals surface area contributed by atoms with Crippen LogP contribution in [0.4, 0.5) is 4.79 Å². The molecule has 0 aliphatic carbocycles. The topological polar surface area (TPSA) is 118 Å². The van der Waals surface area contributed by atoms with Gasteiger partial charge >= 0.3 is 12.1 Å². The summed E-state index contributed by atoms with van der Waals surface area (Å²) in [5, 5.41) is 23.3. The summed E-state index contributed by atoms with van der Waals surface area (Å²) in [6.07, 6.45) is 3.00. The first-order chi connectivity index (χ1) is 19.0. The number of hydrogen-bond acceptors (Lipinski definition) is 6. The highest BCUT2D eigenvalue weighted by molar-refractivity contribution is 5.70. The summed E-state index contributed by atoms with van der Waals surface area (Å²) < 4.78 is 11.8. The number of rotatable bonds is 13. The van der Waals surface area contributed by atoms with Gasteiger partial charge in [0.25, 0.3) is 0 Å². The van der Waals surface area contributed by atoms with Crippen molar-refractivity contribution in [3.05, 3.63) is 59.4 Å². The largest absolute Gasteiger partial charge is 0.489 e. The van der Waals surface area contributed by atoms with E-state index >= 15 is 0 Å². The van der Waals surface area contributed by atoms with Crippen LogP contribution in [0.5, 0.6) is 5.75 Å². The Morgan fingerprint density at radius 3 is 2.12 bits per heavy atom. The van der Waals surface area contributed by atoms with Crippen LogP contribution in [0.15, 0.2) is 42.7 Å². The van der Waals surface area contributed by atoms with Crippen LogP contribution in [0, 0.1) is 17.8 Å². The molecule has 0 fully saturated rings. The van der Waals surface area contributed by atoms with Gasteiger partial charge in [-0.3, -0.25) is 9.78 Å². The summed E-state index contributed by atoms with van der Waals surface area (Å²) in [6, 6.07) is 9.53. The molecule has 2 aromatic rings. The lowest BCUT2D eigenvalue weighted by Crippen LogP contribution is -2.47. The van der Waals surface area contributed by atoms with Crippen molar-refractivity contribution in [3.63, 3.8) is 0 Å². The minimum Gasteiger partial charge on any atom is -0.489 e. The molecule has 4 atom stereocenters. The van der Waals surface area contributed by atoms with Crippen molar-refractivity contribution in [2.24, 2.45) is 17.8 Å². The van der Waals surface area contributed by atoms with Crippen molar-refractivity contribution < 1.29 is 29.3 Å². The number of alkyl carbamates (subject to hydrolysis) is 1. The summed E-state index contributed by atoms with van der Waals surface area (Å²) >= 11 is 0. The van der Waals surface area contributed by atoms with Crippen LogP contribution in [-0.2, 0) is 28.0 Å². The molecule has 1 aromatic heterocycles. The molecule has 0 bridgehead atoms. The Bertz CT molecular complexity index is 1120. The molecule has 3 N–H and O–H groups in total. The molecule has 1 aromatic carbocycles. The van der Waals surface area contributed by atoms with Gasteiger partial charge in [-0.05, 0) is 92.2 Å². The minimum absolute atomic E-state index is 0.0217. The first kappa shape index (κ1) is 34.1. The summed E-state index contributed by atoms with van der Waals surface area (Å²) in [5.41, 5.74) is 2.42. The highest BCUT2D eigenvalue weighted by Crippen LogP contribution is 2.34. The normalized spacial score (nSPS) is 15.1. The Hall–Kier alpha value is -3.13. The lowest BCUT2D eigenvalue weighted by molar-refractivity contribution is -0.142. The van der Waals surface area contributed by atoms with E-state index in [1.165, 1.54) is 0 Å². The number of pyridine rings is 1. The summed E-state index contributed by atoms with van der Waals surface area (Å²) in [4.78, 5) is 28.2. The third-order valence-electron chi connectivity index (χ3n) is 7.18. The zero-order chi connectivity index (χ0) is 31.0. The summed E-state index contributed by atoms with van der Waals surface area (Å²) in [7, 11) is 0. The predicted octanol–water partition coefficient (Wildman–Crippen LogP) is 6.53. The fourth-order valence-electron chi connectivity index (χ4n) is 4.69. The van der Waals surface area contributed by atoms with Gasteiger partial charge in [0.15, 0.2) is 0 Å². The number of benzene rings is 1. The van der Waals surface area contributed by atoms with E-state index in [9.17, 15) is 19.8 Å². The standard InChI is InChI=1S/C33H50N2O6/c1-21(2)25(19-27(28(36)16-22(3)30(37)38)35-31(39)41-33(7,8)9)17-24-10-11-26(32(4,5)6)29(18-24)40-20-23-12-14-34-15-13-23/h10-15,18,21-22,25,27-28,36H,16-17,19-20H2,1-9H3,(H,35,39)(H,37,38)/t22?,25-,27-,28-/m0/s1. The molecule has 0 saturated heterocycles. The Balaban J connectivity index is 2.31. The van der Waals surface area contributed by atoms with E-state index in [-0.39, 0.29) is 23.7 Å². The van der Waals surface area contributed by atoms with Crippen LogP contribution in [0.3, 0.4) is 0 Å². The maximum Gasteiger partial charge on any atom is 0.407 e. The Labute approximate surface area is 245 Å². The fraction of sp³-hybridized carbons (Fsp3) is 0.606. The maximum atomic E-state index is 12.7. The molecule has 1 unspecified atom stereocenters. The van der Waals surface area contributed by atoms with Gasteiger partial charge in [-0.1, -0.05) is 53.7 Å². The Morgan fingerprint density at radius 1 is 0.951 bits per heavy atom. The molecule has 1 amide bonds. The van der Waals surface area contributed by atoms with Crippen molar-refractivity contribution in [2.75, 3.05) is 0 Å². The number of carboxylic acids is 1. The van der Waals surface area contributed by atoms with Crippen LogP contribution in [0.1, 0.15) is 91.8 Å². The van der Waals surface area contributed by atoms with Gasteiger partial charge in [-0.2, -0.15) is 0 Å². The number of ether oxygens (including phenoxy) is 2. The van der Waals surface area contributed by atoms with Crippen molar-refractivity contribution >= 4 is 12.1 Å². The van der Waals surface area contributed by atoms with Gasteiger partial charge in [0.05, 0.1) is 18.1 Å². The number of aliphatic carboxylic acids is 1. The van der Waals surface area contributed by atoms with E-state index in [2.05, 4.69) is 63.1 Å². The predicted molar refractivity (Wildman–Crippen MR) is 161 cm³/mol. The molecule has 0 saturated carbocycles. The minimum atomic E-state index is -1.04. The fourth-order valence-corrected chi connectivity index (χ4v) is 4.69. The Kier molecular flexibility index (Phi) is 12.2. The van der Waals surface area contributed by atoms with Gasteiger partial charge in [0.2, 0.25) is 0 Å². The molecule has 41 heavy (non-hydrogen) atoms. The number of nitrogens with one attached hydrogen (secondary N) is 1. The highest BCUT2D eigenvalue weighted by atomic mass is 16.6. The Morgan fingerprint density at radius 2 is 1.59 bits per heavy atom. The second kappa shape index (κ2) is 14.7. The number of aromatic nitrogens is 1. The highest BCUT2D eigenvalue weighted by Gasteiger charge is 2.31. The van der Waals surface area contributed by atoms with Crippen molar-refractivity contribution in [1.29, 1.82) is 0 Å². The third kappa shape index (κ3) is 11.7. The molecule has 2 rings (SSSR count). The van der Waals surface area contributed by atoms with Gasteiger partial charge in [-0.25, -0.2) is 4.79 Å². The van der Waals surface area contributed by atoms with Gasteiger partial charge in [0, 0.05) is 12.4 Å². The van der Waals surface area contributed by atoms with E-state index < -0.39 is 35.7 Å². The zero-order valence-electron chi connectivity index (χ0n) is 26.2. The number of carbonyl (C=O) groups is 2. The summed E-state index contributed by atoms with van der Waals surface area (Å²) in [6.45, 7) is 18.0. The van der Waals surface area contributed by atoms with Crippen molar-refractivity contribution in [2.45, 2.75) is 111 Å². The smallest absolute Gasteiger partial charge is 0.407 e. The average molecular weight is 571 g/mol. The number of amides is 1. The number of nitrogens with zero attached hydrogens (tertiary/aromatic N) is 1. The van der Waals surface area contributed by atoms with Crippen LogP contribution in [-0.4, -0.2) is 45.0 Å². The lowest BCUT2D eigenvalue weighted by Gasteiger charge is -2.32. The number of aliphatic hydroxyl groups is 1. The molecule has 0 radical (unpaired) electrons. The first-order valence-electron chi connectivity index (χ1n) is 14.5. The molecular formula is C33H50N2O6. The van der Waals surface area contributed by atoms with Gasteiger partial charge in [-0.15, -0.1) is 0 Å². The molecule has 0 aliphatic heterocycles. The monoisotopic (exact) mass is 570 g/mol. The van der Waals surface area contributed by atoms with Gasteiger partial charge in [0.1, 0.15) is 18.0 Å². The van der Waals surface area contributed by atoms with Crippen LogP contribution >= 0.6 is 0 Å². The van der Waals surface area contributed by atoms with E-state index in [0.29, 0.717) is 19.4 Å². The van der Waals surface area contributed by atoms with Crippen LogP contribution in [0.2, 0.25) is 0 Å². The van der Waals surface area contributed by atoms with Crippen molar-refractivity contribution in [3.8, 4) is 5.75 Å². The molecule has 8 heteroatoms. The lowest BCUT2D eigenvalue weighted by atomic mass is 9.80. The molecular weight excluding hydrogens is 520 g/mol. The second-order valence-electron chi connectivity index (χ2n) is 13.5. The number of carboxylic acid groups (broad SMARTS) is 1. The molecule has 0 aliphatic rings. The number of hydrogen-bond donors (Lipinski definition) is 3. The first-order valence-corrected chi connectivity index (χ1v) is 14.5. The average Bonchev–Trinajstić information content (AvgIpc) is 2.85. The molecule has 0 spiro atoms. The van der Waals surface area contributed by atoms with Crippen LogP contribution in [0.25, 0.3) is 0 Å². The van der Waals surface area contributed by atoms with E-state index in [1.807, 2.05) is 12.1 Å². The van der Waals surface area contributed by atoms with Gasteiger partial charge < -0.3 is 25.0 Å². The number of aliphatic hydroxyl groups excluding tert-OH is 1. The zero-order valence-corrected chi connectivity index (χ0v) is 26.2. The van der Waals surface area contributed by atoms with E-state index in [4.69, 9.17) is 9.47 Å². The number of carbonyl (C=O) groups excluding carboxylic acids is 1. The molecule has 8 nitrogen and oxygen atoms in total. The van der Waals surface area contributed by atoms with E-state index in [1.54, 1.807) is 40.1 Å². The maximum absolute atomic E-state index is 12.7. The molecule has 1 heterocycles. The SMILES string of the molecule is CC(C[C@H](O)[C@H](C[C@H](Cc1ccc(C(C)(C)C)c(OCc2ccncc2)c1)C(C)C)NC(=O)OC(C)(C)C)C(=O)O. The van der Waals surface area contributed by atoms with E-state index in [0.717, 1.165) is 22.4 Å². The summed E-state index contributed by atoms with van der Waals surface area (Å²) in [5.74, 6) is -0.606. The second-order valence-corrected chi connectivity index (χ2v) is 13.5. The third-order valence-corrected chi connectivity index (χ3v) is 7.18. The van der Waals surface area contributed by atoms with Crippen molar-refractivity contribution in [1.82, 2.24) is 10.3 Å². The van der Waals surface area contributed by atoms with Crippen LogP contribution < -0.4 is 10.1 Å². The quantitative estimate of drug-likeness (QED) is 0.251.